The van der Waals surface area contributed by atoms with E-state index in [9.17, 15) is 26.4 Å². The molecule has 0 heterocycles. The second kappa shape index (κ2) is 10.5. The molecular weight excluding hydrogens is 470 g/mol. The van der Waals surface area contributed by atoms with Crippen molar-refractivity contribution in [2.45, 2.75) is 4.90 Å². The molecule has 3 amide bonds. The quantitative estimate of drug-likeness (QED) is 0.507. The largest absolute Gasteiger partial charge is 0.374 e. The third kappa shape index (κ3) is 5.79. The van der Waals surface area contributed by atoms with Crippen molar-refractivity contribution in [2.75, 3.05) is 5.01 Å². The summed E-state index contributed by atoms with van der Waals surface area (Å²) in [6, 6.07) is 21.0. The second-order valence-electron chi connectivity index (χ2n) is 6.25. The number of rotatable bonds is 6. The lowest BCUT2D eigenvalue weighted by atomic mass is 10.2. The van der Waals surface area contributed by atoms with Crippen molar-refractivity contribution >= 4 is 38.1 Å². The molecule has 0 saturated carbocycles. The highest BCUT2D eigenvalue weighted by atomic mass is 32.2. The molecule has 0 aromatic heterocycles. The molecule has 0 aliphatic rings. The van der Waals surface area contributed by atoms with E-state index in [2.05, 4.69) is 9.90 Å². The number of anilines is 1. The van der Waals surface area contributed by atoms with Crippen LogP contribution in [0.2, 0.25) is 0 Å². The standard InChI is InChI=1S/C20H17N5O6S2/c26-19(16-10-4-1-5-11-16)21-24(17-12-6-2-7-13-17)20(27)25(22-23-32(28)29)33(30,31)18-14-8-3-9-15-18/h1-15,22H,(H,21,26). The molecule has 170 valence electrons. The Morgan fingerprint density at radius 3 is 1.85 bits per heavy atom. The molecule has 3 rings (SSSR count). The van der Waals surface area contributed by atoms with Crippen LogP contribution < -0.4 is 16.0 Å². The molecule has 11 nitrogen and oxygen atoms in total. The van der Waals surface area contributed by atoms with Crippen LogP contribution in [-0.2, 0) is 20.5 Å². The van der Waals surface area contributed by atoms with Crippen molar-refractivity contribution in [3.05, 3.63) is 96.6 Å². The van der Waals surface area contributed by atoms with Gasteiger partial charge in [-0.1, -0.05) is 64.6 Å². The minimum absolute atomic E-state index is 0.0103. The molecule has 0 spiro atoms. The summed E-state index contributed by atoms with van der Waals surface area (Å²) in [7, 11) is -7.73. The zero-order chi connectivity index (χ0) is 23.8. The molecule has 0 bridgehead atoms. The first-order valence-electron chi connectivity index (χ1n) is 9.22. The number of nitrogens with one attached hydrogen (secondary N) is 2. The van der Waals surface area contributed by atoms with Gasteiger partial charge < -0.3 is 0 Å². The van der Waals surface area contributed by atoms with E-state index >= 15 is 0 Å². The Morgan fingerprint density at radius 1 is 0.788 bits per heavy atom. The van der Waals surface area contributed by atoms with Gasteiger partial charge in [0.1, 0.15) is 0 Å². The van der Waals surface area contributed by atoms with Gasteiger partial charge in [-0.3, -0.25) is 10.2 Å². The maximum atomic E-state index is 13.4. The first kappa shape index (κ1) is 23.6. The van der Waals surface area contributed by atoms with E-state index in [0.717, 1.165) is 0 Å². The van der Waals surface area contributed by atoms with E-state index in [1.807, 2.05) is 0 Å². The number of nitrogens with zero attached hydrogens (tertiary/aromatic N) is 3. The van der Waals surface area contributed by atoms with Gasteiger partial charge in [-0.2, -0.15) is 16.8 Å². The summed E-state index contributed by atoms with van der Waals surface area (Å²) in [4.78, 5) is 25.8. The summed E-state index contributed by atoms with van der Waals surface area (Å²) in [6.45, 7) is 0. The third-order valence-corrected chi connectivity index (χ3v) is 5.93. The van der Waals surface area contributed by atoms with E-state index in [1.54, 1.807) is 48.0 Å². The Hall–Kier alpha value is -4.07. The number of carbonyl (C=O) groups excluding carboxylic acids is 2. The first-order chi connectivity index (χ1) is 15.8. The normalized spacial score (nSPS) is 10.7. The number of hydrogen-bond donors (Lipinski definition) is 2. The van der Waals surface area contributed by atoms with Gasteiger partial charge in [0.2, 0.25) is 0 Å². The number of carbonyl (C=O) groups is 2. The number of hydrogen-bond acceptors (Lipinski definition) is 7. The number of para-hydroxylation sites is 1. The van der Waals surface area contributed by atoms with Crippen molar-refractivity contribution < 1.29 is 26.4 Å². The van der Waals surface area contributed by atoms with Gasteiger partial charge in [0.25, 0.3) is 15.9 Å². The average Bonchev–Trinajstić information content (AvgIpc) is 2.83. The third-order valence-electron chi connectivity index (χ3n) is 4.12. The highest BCUT2D eigenvalue weighted by Gasteiger charge is 2.35. The zero-order valence-electron chi connectivity index (χ0n) is 16.8. The molecule has 33 heavy (non-hydrogen) atoms. The van der Waals surface area contributed by atoms with Crippen LogP contribution >= 0.6 is 0 Å². The highest BCUT2D eigenvalue weighted by molar-refractivity contribution is 7.89. The lowest BCUT2D eigenvalue weighted by molar-refractivity contribution is 0.0947. The van der Waals surface area contributed by atoms with Gasteiger partial charge in [0, 0.05) is 5.56 Å². The van der Waals surface area contributed by atoms with Crippen molar-refractivity contribution in [1.29, 1.82) is 0 Å². The van der Waals surface area contributed by atoms with Crippen LogP contribution in [0, 0.1) is 0 Å². The Kier molecular flexibility index (Phi) is 7.50. The molecule has 0 fully saturated rings. The fourth-order valence-electron chi connectivity index (χ4n) is 2.61. The Balaban J connectivity index is 2.06. The SMILES string of the molecule is O=C(NN(C(=O)N(NN=S(=O)=O)S(=O)(=O)c1ccccc1)c1ccccc1)c1ccccc1. The summed E-state index contributed by atoms with van der Waals surface area (Å²) in [5.41, 5.74) is 4.38. The van der Waals surface area contributed by atoms with Gasteiger partial charge in [0.15, 0.2) is 0 Å². The molecule has 0 atom stereocenters. The maximum absolute atomic E-state index is 13.4. The van der Waals surface area contributed by atoms with E-state index in [0.29, 0.717) is 5.01 Å². The minimum Gasteiger partial charge on any atom is -0.267 e. The fourth-order valence-corrected chi connectivity index (χ4v) is 3.96. The lowest BCUT2D eigenvalue weighted by Gasteiger charge is -2.28. The van der Waals surface area contributed by atoms with E-state index in [-0.39, 0.29) is 20.6 Å². The molecule has 0 radical (unpaired) electrons. The fraction of sp³-hybridized carbons (Fsp3) is 0. The smallest absolute Gasteiger partial charge is 0.267 e. The highest BCUT2D eigenvalue weighted by Crippen LogP contribution is 2.19. The molecule has 0 aliphatic carbocycles. The van der Waals surface area contributed by atoms with Crippen LogP contribution in [0.1, 0.15) is 10.4 Å². The van der Waals surface area contributed by atoms with E-state index < -0.39 is 32.5 Å². The van der Waals surface area contributed by atoms with Crippen LogP contribution in [0.3, 0.4) is 0 Å². The van der Waals surface area contributed by atoms with E-state index in [1.165, 1.54) is 48.5 Å². The van der Waals surface area contributed by atoms with Crippen LogP contribution in [0.25, 0.3) is 0 Å². The zero-order valence-corrected chi connectivity index (χ0v) is 18.4. The summed E-state index contributed by atoms with van der Waals surface area (Å²) in [5.74, 6) is -0.714. The summed E-state index contributed by atoms with van der Waals surface area (Å²) >= 11 is 0. The van der Waals surface area contributed by atoms with Crippen LogP contribution in [0.5, 0.6) is 0 Å². The topological polar surface area (TPSA) is 145 Å². The minimum atomic E-state index is -4.64. The molecule has 3 aromatic carbocycles. The van der Waals surface area contributed by atoms with Crippen molar-refractivity contribution in [1.82, 2.24) is 15.4 Å². The molecule has 0 unspecified atom stereocenters. The van der Waals surface area contributed by atoms with Gasteiger partial charge in [-0.25, -0.2) is 9.80 Å². The average molecular weight is 488 g/mol. The van der Waals surface area contributed by atoms with Gasteiger partial charge in [-0.15, -0.1) is 4.41 Å². The Morgan fingerprint density at radius 2 is 1.30 bits per heavy atom. The molecule has 0 aliphatic heterocycles. The first-order valence-corrected chi connectivity index (χ1v) is 11.7. The van der Waals surface area contributed by atoms with Crippen LogP contribution in [0.4, 0.5) is 10.5 Å². The van der Waals surface area contributed by atoms with E-state index in [4.69, 9.17) is 0 Å². The summed E-state index contributed by atoms with van der Waals surface area (Å²) < 4.78 is 51.0. The van der Waals surface area contributed by atoms with Crippen LogP contribution in [-0.4, -0.2) is 33.2 Å². The monoisotopic (exact) mass is 487 g/mol. The van der Waals surface area contributed by atoms with Gasteiger partial charge in [-0.05, 0) is 36.4 Å². The Labute approximate surface area is 190 Å². The van der Waals surface area contributed by atoms with Crippen molar-refractivity contribution in [2.24, 2.45) is 4.47 Å². The summed E-state index contributed by atoms with van der Waals surface area (Å²) in [5, 5.41) is 0.659. The summed E-state index contributed by atoms with van der Waals surface area (Å²) in [6.07, 6.45) is 0. The number of amides is 3. The lowest BCUT2D eigenvalue weighted by Crippen LogP contribution is -2.57. The van der Waals surface area contributed by atoms with Gasteiger partial charge in [0.05, 0.1) is 10.6 Å². The second-order valence-corrected chi connectivity index (χ2v) is 8.65. The number of urea groups is 1. The molecule has 2 N–H and O–H groups in total. The number of hydrazine groups is 2. The molecule has 3 aromatic rings. The van der Waals surface area contributed by atoms with Crippen LogP contribution in [0.15, 0.2) is 100 Å². The van der Waals surface area contributed by atoms with Gasteiger partial charge >= 0.3 is 16.5 Å². The Bertz CT molecular complexity index is 1360. The number of benzene rings is 3. The molecular formula is C20H17N5O6S2. The predicted molar refractivity (Wildman–Crippen MR) is 118 cm³/mol. The number of sulfonamides is 1. The van der Waals surface area contributed by atoms with Crippen molar-refractivity contribution in [3.63, 3.8) is 0 Å². The molecule has 13 heteroatoms. The van der Waals surface area contributed by atoms with Crippen molar-refractivity contribution in [3.8, 4) is 0 Å². The molecule has 0 saturated heterocycles. The predicted octanol–water partition coefficient (Wildman–Crippen LogP) is 2.13. The maximum Gasteiger partial charge on any atom is 0.374 e.